The van der Waals surface area contributed by atoms with E-state index >= 15 is 0 Å². The summed E-state index contributed by atoms with van der Waals surface area (Å²) in [4.78, 5) is 16.3. The zero-order chi connectivity index (χ0) is 17.5. The predicted octanol–water partition coefficient (Wildman–Crippen LogP) is 3.48. The van der Waals surface area contributed by atoms with Crippen LogP contribution in [0.25, 0.3) is 0 Å². The van der Waals surface area contributed by atoms with Crippen LogP contribution in [-0.4, -0.2) is 26.8 Å². The molecule has 1 amide bonds. The quantitative estimate of drug-likeness (QED) is 0.706. The highest BCUT2D eigenvalue weighted by atomic mass is 32.2. The lowest BCUT2D eigenvalue weighted by Gasteiger charge is -2.05. The lowest BCUT2D eigenvalue weighted by Crippen LogP contribution is -2.24. The number of aromatic nitrogens is 3. The van der Waals surface area contributed by atoms with Gasteiger partial charge in [0.1, 0.15) is 11.6 Å². The minimum absolute atomic E-state index is 0.0911. The molecule has 7 heteroatoms. The molecule has 2 N–H and O–H groups in total. The van der Waals surface area contributed by atoms with Crippen LogP contribution >= 0.6 is 11.8 Å². The lowest BCUT2D eigenvalue weighted by molar-refractivity contribution is -0.118. The molecule has 1 heterocycles. The van der Waals surface area contributed by atoms with E-state index in [0.29, 0.717) is 11.7 Å². The summed E-state index contributed by atoms with van der Waals surface area (Å²) in [6, 6.07) is 6.09. The van der Waals surface area contributed by atoms with Crippen molar-refractivity contribution in [2.24, 2.45) is 5.92 Å². The van der Waals surface area contributed by atoms with Crippen molar-refractivity contribution in [2.75, 3.05) is 5.75 Å². The van der Waals surface area contributed by atoms with Gasteiger partial charge in [0.2, 0.25) is 11.1 Å². The molecular weight excluding hydrogens is 339 g/mol. The Hall–Kier alpha value is -1.89. The normalized spacial score (nSPS) is 14.8. The molecule has 0 bridgehead atoms. The van der Waals surface area contributed by atoms with Crippen molar-refractivity contribution < 1.29 is 9.18 Å². The molecule has 1 saturated carbocycles. The molecule has 25 heavy (non-hydrogen) atoms. The summed E-state index contributed by atoms with van der Waals surface area (Å²) in [5, 5.41) is 10.6. The molecular formula is C18H23FN4OS. The maximum Gasteiger partial charge on any atom is 0.230 e. The monoisotopic (exact) mass is 362 g/mol. The molecule has 134 valence electrons. The first-order valence-electron chi connectivity index (χ1n) is 8.74. The van der Waals surface area contributed by atoms with Crippen LogP contribution in [0.15, 0.2) is 29.4 Å². The fraction of sp³-hybridized carbons (Fsp3) is 0.500. The van der Waals surface area contributed by atoms with Gasteiger partial charge in [-0.25, -0.2) is 9.37 Å². The van der Waals surface area contributed by atoms with Gasteiger partial charge in [-0.15, -0.1) is 5.10 Å². The van der Waals surface area contributed by atoms with Gasteiger partial charge in [-0.1, -0.05) is 49.6 Å². The number of amides is 1. The Kier molecular flexibility index (Phi) is 6.44. The Morgan fingerprint density at radius 2 is 2.04 bits per heavy atom. The van der Waals surface area contributed by atoms with Crippen molar-refractivity contribution in [3.63, 3.8) is 0 Å². The van der Waals surface area contributed by atoms with E-state index in [0.717, 1.165) is 30.1 Å². The standard InChI is InChI=1S/C18H23FN4OS/c19-15-8-5-14(6-9-15)11-20-17(24)12-25-18-21-16(22-23-18)10-7-13-3-1-2-4-13/h5-6,8-9,13H,1-4,7,10-12H2,(H,20,24)(H,21,22,23). The maximum absolute atomic E-state index is 12.8. The van der Waals surface area contributed by atoms with Crippen LogP contribution < -0.4 is 5.32 Å². The van der Waals surface area contributed by atoms with Gasteiger partial charge in [0, 0.05) is 13.0 Å². The largest absolute Gasteiger partial charge is 0.351 e. The summed E-state index contributed by atoms with van der Waals surface area (Å²) >= 11 is 1.32. The predicted molar refractivity (Wildman–Crippen MR) is 95.6 cm³/mol. The topological polar surface area (TPSA) is 70.7 Å². The van der Waals surface area contributed by atoms with E-state index < -0.39 is 0 Å². The molecule has 1 aliphatic rings. The highest BCUT2D eigenvalue weighted by Crippen LogP contribution is 2.28. The van der Waals surface area contributed by atoms with E-state index in [2.05, 4.69) is 20.5 Å². The zero-order valence-electron chi connectivity index (χ0n) is 14.1. The zero-order valence-corrected chi connectivity index (χ0v) is 14.9. The Morgan fingerprint density at radius 1 is 1.28 bits per heavy atom. The molecule has 5 nitrogen and oxygen atoms in total. The molecule has 1 aromatic carbocycles. The van der Waals surface area contributed by atoms with Crippen LogP contribution in [0, 0.1) is 11.7 Å². The van der Waals surface area contributed by atoms with E-state index in [-0.39, 0.29) is 17.5 Å². The van der Waals surface area contributed by atoms with Crippen LogP contribution in [0.1, 0.15) is 43.5 Å². The average Bonchev–Trinajstić information content (AvgIpc) is 3.29. The molecule has 0 spiro atoms. The molecule has 0 radical (unpaired) electrons. The summed E-state index contributed by atoms with van der Waals surface area (Å²) in [5.41, 5.74) is 0.867. The molecule has 0 aliphatic heterocycles. The van der Waals surface area contributed by atoms with Crippen LogP contribution in [0.4, 0.5) is 4.39 Å². The fourth-order valence-corrected chi connectivity index (χ4v) is 3.73. The van der Waals surface area contributed by atoms with Gasteiger partial charge in [0.15, 0.2) is 0 Å². The highest BCUT2D eigenvalue weighted by molar-refractivity contribution is 7.99. The van der Waals surface area contributed by atoms with Crippen molar-refractivity contribution in [3.05, 3.63) is 41.5 Å². The van der Waals surface area contributed by atoms with E-state index in [1.807, 2.05) is 0 Å². The van der Waals surface area contributed by atoms with Gasteiger partial charge in [0.25, 0.3) is 0 Å². The van der Waals surface area contributed by atoms with Gasteiger partial charge in [-0.2, -0.15) is 0 Å². The van der Waals surface area contributed by atoms with Gasteiger partial charge in [-0.05, 0) is 30.0 Å². The molecule has 0 saturated heterocycles. The summed E-state index contributed by atoms with van der Waals surface area (Å²) in [7, 11) is 0. The first-order chi connectivity index (χ1) is 12.2. The summed E-state index contributed by atoms with van der Waals surface area (Å²) in [5.74, 6) is 1.63. The smallest absolute Gasteiger partial charge is 0.230 e. The molecule has 1 aliphatic carbocycles. The van der Waals surface area contributed by atoms with E-state index in [1.54, 1.807) is 12.1 Å². The van der Waals surface area contributed by atoms with Crippen molar-refractivity contribution in [1.82, 2.24) is 20.5 Å². The lowest BCUT2D eigenvalue weighted by atomic mass is 10.0. The third-order valence-electron chi connectivity index (χ3n) is 4.51. The Labute approximate surface area is 151 Å². The number of aromatic amines is 1. The molecule has 3 rings (SSSR count). The second-order valence-corrected chi connectivity index (χ2v) is 7.39. The number of nitrogens with one attached hydrogen (secondary N) is 2. The molecule has 1 aromatic heterocycles. The number of rotatable bonds is 8. The Balaban J connectivity index is 1.36. The second kappa shape index (κ2) is 8.99. The number of carbonyl (C=O) groups excluding carboxylic acids is 1. The van der Waals surface area contributed by atoms with Gasteiger partial charge < -0.3 is 5.32 Å². The first kappa shape index (κ1) is 17.9. The van der Waals surface area contributed by atoms with E-state index in [9.17, 15) is 9.18 Å². The molecule has 0 atom stereocenters. The van der Waals surface area contributed by atoms with Crippen LogP contribution in [0.3, 0.4) is 0 Å². The van der Waals surface area contributed by atoms with Gasteiger partial charge in [-0.3, -0.25) is 9.89 Å². The number of hydrogen-bond donors (Lipinski definition) is 2. The van der Waals surface area contributed by atoms with E-state index in [1.165, 1.54) is 49.6 Å². The van der Waals surface area contributed by atoms with Crippen LogP contribution in [0.2, 0.25) is 0 Å². The average molecular weight is 362 g/mol. The SMILES string of the molecule is O=C(CSc1n[nH]c(CCC2CCCC2)n1)NCc1ccc(F)cc1. The number of H-pyrrole nitrogens is 1. The van der Waals surface area contributed by atoms with Gasteiger partial charge >= 0.3 is 0 Å². The number of halogens is 1. The number of aryl methyl sites for hydroxylation is 1. The maximum atomic E-state index is 12.8. The Bertz CT molecular complexity index is 683. The van der Waals surface area contributed by atoms with Crippen LogP contribution in [-0.2, 0) is 17.8 Å². The van der Waals surface area contributed by atoms with Crippen molar-refractivity contribution >= 4 is 17.7 Å². The van der Waals surface area contributed by atoms with E-state index in [4.69, 9.17) is 0 Å². The van der Waals surface area contributed by atoms with Crippen molar-refractivity contribution in [1.29, 1.82) is 0 Å². The molecule has 0 unspecified atom stereocenters. The number of thioether (sulfide) groups is 1. The number of nitrogens with zero attached hydrogens (tertiary/aromatic N) is 2. The first-order valence-corrected chi connectivity index (χ1v) is 9.73. The summed E-state index contributed by atoms with van der Waals surface area (Å²) < 4.78 is 12.8. The number of hydrogen-bond acceptors (Lipinski definition) is 4. The fourth-order valence-electron chi connectivity index (χ4n) is 3.08. The molecule has 2 aromatic rings. The second-order valence-electron chi connectivity index (χ2n) is 6.45. The summed E-state index contributed by atoms with van der Waals surface area (Å²) in [6.45, 7) is 0.389. The summed E-state index contributed by atoms with van der Waals surface area (Å²) in [6.07, 6.45) is 7.48. The molecule has 1 fully saturated rings. The Morgan fingerprint density at radius 3 is 2.80 bits per heavy atom. The highest BCUT2D eigenvalue weighted by Gasteiger charge is 2.15. The van der Waals surface area contributed by atoms with Crippen molar-refractivity contribution in [2.45, 2.75) is 50.2 Å². The van der Waals surface area contributed by atoms with Crippen molar-refractivity contribution in [3.8, 4) is 0 Å². The minimum atomic E-state index is -0.279. The third-order valence-corrected chi connectivity index (χ3v) is 5.36. The number of carbonyl (C=O) groups is 1. The van der Waals surface area contributed by atoms with Gasteiger partial charge in [0.05, 0.1) is 5.75 Å². The minimum Gasteiger partial charge on any atom is -0.351 e. The third kappa shape index (κ3) is 5.85. The number of benzene rings is 1. The van der Waals surface area contributed by atoms with Crippen LogP contribution in [0.5, 0.6) is 0 Å².